The summed E-state index contributed by atoms with van der Waals surface area (Å²) in [6.45, 7) is 0. The van der Waals surface area contributed by atoms with Crippen LogP contribution in [0.4, 0.5) is 13.2 Å². The molecule has 1 fully saturated rings. The van der Waals surface area contributed by atoms with Crippen molar-refractivity contribution < 1.29 is 17.9 Å². The van der Waals surface area contributed by atoms with Gasteiger partial charge in [0, 0.05) is 11.0 Å². The molecule has 0 radical (unpaired) electrons. The zero-order valence-electron chi connectivity index (χ0n) is 7.04. The second kappa shape index (κ2) is 3.38. The molecule has 1 aromatic rings. The third-order valence-corrected chi connectivity index (χ3v) is 2.76. The number of ether oxygens (including phenoxy) is 1. The predicted octanol–water partition coefficient (Wildman–Crippen LogP) is 3.37. The Balaban J connectivity index is 2.06. The Morgan fingerprint density at radius 3 is 2.21 bits per heavy atom. The van der Waals surface area contributed by atoms with E-state index in [1.807, 2.05) is 0 Å². The molecule has 0 amide bonds. The van der Waals surface area contributed by atoms with E-state index in [1.54, 1.807) is 23.9 Å². The first-order chi connectivity index (χ1) is 6.54. The van der Waals surface area contributed by atoms with Crippen LogP contribution >= 0.6 is 11.8 Å². The van der Waals surface area contributed by atoms with Gasteiger partial charge in [-0.05, 0) is 17.7 Å². The quantitative estimate of drug-likeness (QED) is 0.706. The van der Waals surface area contributed by atoms with Gasteiger partial charge in [0.2, 0.25) is 0 Å². The van der Waals surface area contributed by atoms with E-state index in [1.165, 1.54) is 12.1 Å². The van der Waals surface area contributed by atoms with Crippen molar-refractivity contribution in [3.05, 3.63) is 29.8 Å². The van der Waals surface area contributed by atoms with Gasteiger partial charge in [-0.1, -0.05) is 12.1 Å². The van der Waals surface area contributed by atoms with Crippen LogP contribution in [-0.2, 0) is 0 Å². The van der Waals surface area contributed by atoms with Gasteiger partial charge >= 0.3 is 6.36 Å². The van der Waals surface area contributed by atoms with Crippen molar-refractivity contribution in [3.8, 4) is 5.75 Å². The highest BCUT2D eigenvalue weighted by Crippen LogP contribution is 2.46. The molecular formula is C9H7F3OS. The highest BCUT2D eigenvalue weighted by Gasteiger charge is 2.31. The number of halogens is 3. The fraction of sp³-hybridized carbons (Fsp3) is 0.333. The SMILES string of the molecule is FC(F)(F)Oc1ccc(C2CS2)cc1. The summed E-state index contributed by atoms with van der Waals surface area (Å²) in [6.07, 6.45) is -4.60. The molecule has 0 spiro atoms. The van der Waals surface area contributed by atoms with Crippen LogP contribution in [0.1, 0.15) is 10.8 Å². The molecule has 1 heterocycles. The Labute approximate surface area is 83.3 Å². The maximum absolute atomic E-state index is 11.8. The molecule has 0 aliphatic carbocycles. The molecule has 14 heavy (non-hydrogen) atoms. The maximum Gasteiger partial charge on any atom is 0.573 e. The summed E-state index contributed by atoms with van der Waals surface area (Å²) >= 11 is 1.78. The van der Waals surface area contributed by atoms with Crippen molar-refractivity contribution in [2.24, 2.45) is 0 Å². The van der Waals surface area contributed by atoms with Crippen LogP contribution in [0.25, 0.3) is 0 Å². The summed E-state index contributed by atoms with van der Waals surface area (Å²) in [6, 6.07) is 6.04. The van der Waals surface area contributed by atoms with Gasteiger partial charge in [0.1, 0.15) is 5.75 Å². The molecule has 2 rings (SSSR count). The van der Waals surface area contributed by atoms with E-state index >= 15 is 0 Å². The number of benzene rings is 1. The molecule has 1 nitrogen and oxygen atoms in total. The van der Waals surface area contributed by atoms with Crippen LogP contribution in [0, 0.1) is 0 Å². The fourth-order valence-corrected chi connectivity index (χ4v) is 1.76. The van der Waals surface area contributed by atoms with E-state index in [0.29, 0.717) is 5.25 Å². The van der Waals surface area contributed by atoms with Crippen LogP contribution < -0.4 is 4.74 Å². The lowest BCUT2D eigenvalue weighted by molar-refractivity contribution is -0.274. The Morgan fingerprint density at radius 1 is 1.21 bits per heavy atom. The molecule has 5 heteroatoms. The van der Waals surface area contributed by atoms with Crippen LogP contribution in [-0.4, -0.2) is 12.1 Å². The molecule has 1 aliphatic rings. The summed E-state index contributed by atoms with van der Waals surface area (Å²) in [4.78, 5) is 0. The van der Waals surface area contributed by atoms with Crippen LogP contribution in [0.5, 0.6) is 5.75 Å². The first-order valence-electron chi connectivity index (χ1n) is 4.02. The number of thioether (sulfide) groups is 1. The molecule has 1 aliphatic heterocycles. The Kier molecular flexibility index (Phi) is 2.34. The van der Waals surface area contributed by atoms with Crippen LogP contribution in [0.2, 0.25) is 0 Å². The first kappa shape index (κ1) is 9.71. The summed E-state index contributed by atoms with van der Waals surface area (Å²) < 4.78 is 39.1. The van der Waals surface area contributed by atoms with Crippen molar-refractivity contribution in [1.29, 1.82) is 0 Å². The minimum absolute atomic E-state index is 0.160. The van der Waals surface area contributed by atoms with E-state index in [9.17, 15) is 13.2 Å². The van der Waals surface area contributed by atoms with Gasteiger partial charge in [0.05, 0.1) is 0 Å². The maximum atomic E-state index is 11.8. The van der Waals surface area contributed by atoms with Gasteiger partial charge in [-0.25, -0.2) is 0 Å². The molecule has 1 unspecified atom stereocenters. The summed E-state index contributed by atoms with van der Waals surface area (Å²) in [7, 11) is 0. The van der Waals surface area contributed by atoms with Gasteiger partial charge in [-0.2, -0.15) is 11.8 Å². The van der Waals surface area contributed by atoms with E-state index in [-0.39, 0.29) is 5.75 Å². The van der Waals surface area contributed by atoms with E-state index in [4.69, 9.17) is 0 Å². The molecule has 0 N–H and O–H groups in total. The van der Waals surface area contributed by atoms with Crippen LogP contribution in [0.3, 0.4) is 0 Å². The lowest BCUT2D eigenvalue weighted by atomic mass is 10.2. The Hall–Kier alpha value is -0.840. The zero-order valence-corrected chi connectivity index (χ0v) is 7.86. The monoisotopic (exact) mass is 220 g/mol. The zero-order chi connectivity index (χ0) is 10.2. The molecule has 0 bridgehead atoms. The lowest BCUT2D eigenvalue weighted by Crippen LogP contribution is -2.16. The number of hydrogen-bond acceptors (Lipinski definition) is 2. The lowest BCUT2D eigenvalue weighted by Gasteiger charge is -2.08. The Morgan fingerprint density at radius 2 is 1.79 bits per heavy atom. The number of hydrogen-bond donors (Lipinski definition) is 0. The Bertz CT molecular complexity index is 316. The average molecular weight is 220 g/mol. The topological polar surface area (TPSA) is 9.23 Å². The largest absolute Gasteiger partial charge is 0.573 e. The highest BCUT2D eigenvalue weighted by atomic mass is 32.2. The smallest absolute Gasteiger partial charge is 0.406 e. The van der Waals surface area contributed by atoms with Gasteiger partial charge < -0.3 is 4.74 Å². The van der Waals surface area contributed by atoms with Crippen molar-refractivity contribution in [1.82, 2.24) is 0 Å². The minimum Gasteiger partial charge on any atom is -0.406 e. The molecule has 1 atom stereocenters. The molecule has 76 valence electrons. The second-order valence-electron chi connectivity index (χ2n) is 2.94. The molecule has 0 saturated carbocycles. The standard InChI is InChI=1S/C9H7F3OS/c10-9(11,12)13-7-3-1-6(2-4-7)8-5-14-8/h1-4,8H,5H2. The summed E-state index contributed by atoms with van der Waals surface area (Å²) in [5.41, 5.74) is 1.06. The summed E-state index contributed by atoms with van der Waals surface area (Å²) in [5, 5.41) is 0.468. The molecule has 0 aromatic heterocycles. The van der Waals surface area contributed by atoms with E-state index in [0.717, 1.165) is 11.3 Å². The van der Waals surface area contributed by atoms with Gasteiger partial charge in [0.25, 0.3) is 0 Å². The first-order valence-corrected chi connectivity index (χ1v) is 5.07. The van der Waals surface area contributed by atoms with Crippen molar-refractivity contribution in [3.63, 3.8) is 0 Å². The highest BCUT2D eigenvalue weighted by molar-refractivity contribution is 8.06. The molecular weight excluding hydrogens is 213 g/mol. The number of alkyl halides is 3. The third kappa shape index (κ3) is 2.57. The predicted molar refractivity (Wildman–Crippen MR) is 48.3 cm³/mol. The second-order valence-corrected chi connectivity index (χ2v) is 4.17. The van der Waals surface area contributed by atoms with Gasteiger partial charge in [-0.3, -0.25) is 0 Å². The number of rotatable bonds is 2. The summed E-state index contributed by atoms with van der Waals surface area (Å²) in [5.74, 6) is 0.895. The third-order valence-electron chi connectivity index (χ3n) is 1.82. The fourth-order valence-electron chi connectivity index (χ4n) is 1.12. The van der Waals surface area contributed by atoms with E-state index in [2.05, 4.69) is 4.74 Å². The molecule has 1 saturated heterocycles. The average Bonchev–Trinajstić information content (AvgIpc) is 2.85. The van der Waals surface area contributed by atoms with Gasteiger partial charge in [-0.15, -0.1) is 13.2 Å². The van der Waals surface area contributed by atoms with Gasteiger partial charge in [0.15, 0.2) is 0 Å². The molecule has 1 aromatic carbocycles. The van der Waals surface area contributed by atoms with E-state index < -0.39 is 6.36 Å². The normalized spacial score (nSPS) is 20.6. The van der Waals surface area contributed by atoms with Crippen molar-refractivity contribution in [2.45, 2.75) is 11.6 Å². The van der Waals surface area contributed by atoms with Crippen molar-refractivity contribution in [2.75, 3.05) is 5.75 Å². The van der Waals surface area contributed by atoms with Crippen LogP contribution in [0.15, 0.2) is 24.3 Å². The minimum atomic E-state index is -4.60. The van der Waals surface area contributed by atoms with Crippen molar-refractivity contribution >= 4 is 11.8 Å².